The van der Waals surface area contributed by atoms with Crippen molar-refractivity contribution < 1.29 is 4.79 Å². The van der Waals surface area contributed by atoms with E-state index in [0.29, 0.717) is 29.8 Å². The van der Waals surface area contributed by atoms with Gasteiger partial charge in [-0.25, -0.2) is 0 Å². The maximum atomic E-state index is 13.6. The van der Waals surface area contributed by atoms with E-state index in [1.54, 1.807) is 6.07 Å². The number of anilines is 3. The van der Waals surface area contributed by atoms with Crippen molar-refractivity contribution in [1.29, 1.82) is 0 Å². The van der Waals surface area contributed by atoms with Crippen molar-refractivity contribution >= 4 is 33.9 Å². The Kier molecular flexibility index (Phi) is 5.10. The summed E-state index contributed by atoms with van der Waals surface area (Å²) < 4.78 is 0. The maximum absolute atomic E-state index is 13.6. The van der Waals surface area contributed by atoms with Crippen molar-refractivity contribution in [2.75, 3.05) is 22.5 Å². The summed E-state index contributed by atoms with van der Waals surface area (Å²) in [5, 5.41) is 4.76. The van der Waals surface area contributed by atoms with Gasteiger partial charge in [0, 0.05) is 41.1 Å². The molecule has 5 rings (SSSR count). The minimum absolute atomic E-state index is 0.0250. The highest BCUT2D eigenvalue weighted by Crippen LogP contribution is 2.34. The zero-order valence-electron chi connectivity index (χ0n) is 18.4. The monoisotopic (exact) mass is 424 g/mol. The Morgan fingerprint density at radius 3 is 2.72 bits per heavy atom. The standard InChI is InChI=1S/C27H28N4O/c1-17(2)23-12-14-31(26-6-4-3-5-25(26)30-23)27(32)20-7-9-21(22(28)16-20)18-8-10-24-19(15-18)11-13-29-24/h3-11,13,15-17,23,29-30H,12,14,28H2,1-2H3. The van der Waals surface area contributed by atoms with Gasteiger partial charge in [0.2, 0.25) is 0 Å². The van der Waals surface area contributed by atoms with Crippen molar-refractivity contribution in [3.8, 4) is 11.1 Å². The van der Waals surface area contributed by atoms with Crippen molar-refractivity contribution in [1.82, 2.24) is 4.98 Å². The molecule has 162 valence electrons. The number of carbonyl (C=O) groups is 1. The zero-order valence-corrected chi connectivity index (χ0v) is 18.4. The summed E-state index contributed by atoms with van der Waals surface area (Å²) in [6.07, 6.45) is 2.82. The van der Waals surface area contributed by atoms with Crippen molar-refractivity contribution in [3.05, 3.63) is 78.5 Å². The molecule has 4 aromatic rings. The Hall–Kier alpha value is -3.73. The quantitative estimate of drug-likeness (QED) is 0.358. The van der Waals surface area contributed by atoms with Crippen LogP contribution in [0.2, 0.25) is 0 Å². The van der Waals surface area contributed by atoms with E-state index in [1.165, 1.54) is 0 Å². The van der Waals surface area contributed by atoms with Crippen molar-refractivity contribution in [2.24, 2.45) is 5.92 Å². The molecule has 0 spiro atoms. The van der Waals surface area contributed by atoms with Crippen LogP contribution in [-0.4, -0.2) is 23.5 Å². The molecule has 1 aromatic heterocycles. The molecule has 0 fully saturated rings. The highest BCUT2D eigenvalue weighted by atomic mass is 16.2. The lowest BCUT2D eigenvalue weighted by Crippen LogP contribution is -2.33. The molecule has 0 saturated carbocycles. The Morgan fingerprint density at radius 2 is 1.91 bits per heavy atom. The summed E-state index contributed by atoms with van der Waals surface area (Å²) >= 11 is 0. The molecular weight excluding hydrogens is 396 g/mol. The average Bonchev–Trinajstić information content (AvgIpc) is 3.17. The molecule has 0 aliphatic carbocycles. The molecule has 4 N–H and O–H groups in total. The lowest BCUT2D eigenvalue weighted by Gasteiger charge is -2.23. The number of aromatic nitrogens is 1. The number of hydrogen-bond donors (Lipinski definition) is 3. The molecular formula is C27H28N4O. The number of nitrogens with zero attached hydrogens (tertiary/aromatic N) is 1. The third-order valence-corrected chi connectivity index (χ3v) is 6.41. The highest BCUT2D eigenvalue weighted by molar-refractivity contribution is 6.09. The normalized spacial score (nSPS) is 16.0. The highest BCUT2D eigenvalue weighted by Gasteiger charge is 2.27. The largest absolute Gasteiger partial charge is 0.398 e. The lowest BCUT2D eigenvalue weighted by atomic mass is 9.99. The molecule has 2 heterocycles. The summed E-state index contributed by atoms with van der Waals surface area (Å²) in [5.41, 5.74) is 12.6. The molecule has 0 radical (unpaired) electrons. The molecule has 5 heteroatoms. The van der Waals surface area contributed by atoms with Gasteiger partial charge in [-0.05, 0) is 65.8 Å². The average molecular weight is 425 g/mol. The van der Waals surface area contributed by atoms with E-state index in [2.05, 4.69) is 42.3 Å². The summed E-state index contributed by atoms with van der Waals surface area (Å²) in [6.45, 7) is 5.08. The fraction of sp³-hybridized carbons (Fsp3) is 0.222. The van der Waals surface area contributed by atoms with Gasteiger partial charge in [-0.15, -0.1) is 0 Å². The number of H-pyrrole nitrogens is 1. The van der Waals surface area contributed by atoms with E-state index in [0.717, 1.165) is 39.8 Å². The van der Waals surface area contributed by atoms with Crippen molar-refractivity contribution in [3.63, 3.8) is 0 Å². The Balaban J connectivity index is 1.47. The van der Waals surface area contributed by atoms with E-state index in [1.807, 2.05) is 53.6 Å². The fourth-order valence-corrected chi connectivity index (χ4v) is 4.54. The minimum Gasteiger partial charge on any atom is -0.398 e. The molecule has 0 saturated heterocycles. The van der Waals surface area contributed by atoms with Crippen LogP contribution in [0.4, 0.5) is 17.1 Å². The predicted octanol–water partition coefficient (Wildman–Crippen LogP) is 5.90. The van der Waals surface area contributed by atoms with Crippen LogP contribution in [-0.2, 0) is 0 Å². The number of amides is 1. The third kappa shape index (κ3) is 3.60. The molecule has 32 heavy (non-hydrogen) atoms. The fourth-order valence-electron chi connectivity index (χ4n) is 4.54. The van der Waals surface area contributed by atoms with Crippen LogP contribution in [0.5, 0.6) is 0 Å². The van der Waals surface area contributed by atoms with Gasteiger partial charge in [-0.3, -0.25) is 4.79 Å². The number of rotatable bonds is 3. The SMILES string of the molecule is CC(C)C1CCN(C(=O)c2ccc(-c3ccc4[nH]ccc4c3)c(N)c2)c2ccccc2N1. The zero-order chi connectivity index (χ0) is 22.2. The number of fused-ring (bicyclic) bond motifs is 2. The van der Waals surface area contributed by atoms with Crippen LogP contribution in [0.3, 0.4) is 0 Å². The summed E-state index contributed by atoms with van der Waals surface area (Å²) in [6, 6.07) is 22.3. The molecule has 1 aliphatic heterocycles. The van der Waals surface area contributed by atoms with Gasteiger partial charge in [0.15, 0.2) is 0 Å². The van der Waals surface area contributed by atoms with Crippen LogP contribution < -0.4 is 16.0 Å². The van der Waals surface area contributed by atoms with Crippen LogP contribution in [0.15, 0.2) is 72.9 Å². The molecule has 0 bridgehead atoms. The van der Waals surface area contributed by atoms with E-state index in [4.69, 9.17) is 5.73 Å². The summed E-state index contributed by atoms with van der Waals surface area (Å²) in [4.78, 5) is 18.7. The van der Waals surface area contributed by atoms with Gasteiger partial charge in [0.25, 0.3) is 5.91 Å². The van der Waals surface area contributed by atoms with Crippen LogP contribution >= 0.6 is 0 Å². The van der Waals surface area contributed by atoms with Gasteiger partial charge in [0.1, 0.15) is 0 Å². The number of nitrogen functional groups attached to an aromatic ring is 1. The maximum Gasteiger partial charge on any atom is 0.258 e. The number of hydrogen-bond acceptors (Lipinski definition) is 3. The second-order valence-electron chi connectivity index (χ2n) is 8.84. The van der Waals surface area contributed by atoms with E-state index in [9.17, 15) is 4.79 Å². The molecule has 5 nitrogen and oxygen atoms in total. The van der Waals surface area contributed by atoms with Gasteiger partial charge < -0.3 is 20.9 Å². The molecule has 1 amide bonds. The van der Waals surface area contributed by atoms with Gasteiger partial charge >= 0.3 is 0 Å². The topological polar surface area (TPSA) is 74.2 Å². The predicted molar refractivity (Wildman–Crippen MR) is 133 cm³/mol. The number of carbonyl (C=O) groups excluding carboxylic acids is 1. The first-order valence-electron chi connectivity index (χ1n) is 11.2. The number of benzene rings is 3. The first-order valence-corrected chi connectivity index (χ1v) is 11.2. The number of aromatic amines is 1. The molecule has 1 atom stereocenters. The summed E-state index contributed by atoms with van der Waals surface area (Å²) in [7, 11) is 0. The molecule has 3 aromatic carbocycles. The lowest BCUT2D eigenvalue weighted by molar-refractivity contribution is 0.0986. The second kappa shape index (κ2) is 8.08. The molecule has 1 aliphatic rings. The van der Waals surface area contributed by atoms with Gasteiger partial charge in [-0.1, -0.05) is 38.1 Å². The first kappa shape index (κ1) is 20.2. The Bertz CT molecular complexity index is 1290. The van der Waals surface area contributed by atoms with Gasteiger partial charge in [0.05, 0.1) is 11.4 Å². The van der Waals surface area contributed by atoms with E-state index in [-0.39, 0.29) is 5.91 Å². The van der Waals surface area contributed by atoms with Crippen molar-refractivity contribution in [2.45, 2.75) is 26.3 Å². The van der Waals surface area contributed by atoms with E-state index >= 15 is 0 Å². The number of nitrogens with two attached hydrogens (primary N) is 1. The first-order chi connectivity index (χ1) is 15.5. The minimum atomic E-state index is -0.0250. The van der Waals surface area contributed by atoms with Crippen LogP contribution in [0, 0.1) is 5.92 Å². The number of nitrogens with one attached hydrogen (secondary N) is 2. The Morgan fingerprint density at radius 1 is 1.06 bits per heavy atom. The summed E-state index contributed by atoms with van der Waals surface area (Å²) in [5.74, 6) is 0.452. The van der Waals surface area contributed by atoms with E-state index < -0.39 is 0 Å². The Labute approximate surface area is 188 Å². The second-order valence-corrected chi connectivity index (χ2v) is 8.84. The third-order valence-electron chi connectivity index (χ3n) is 6.41. The van der Waals surface area contributed by atoms with Gasteiger partial charge in [-0.2, -0.15) is 0 Å². The van der Waals surface area contributed by atoms with Crippen LogP contribution in [0.1, 0.15) is 30.6 Å². The van der Waals surface area contributed by atoms with Crippen LogP contribution in [0.25, 0.3) is 22.0 Å². The molecule has 1 unspecified atom stereocenters. The number of para-hydroxylation sites is 2. The smallest absolute Gasteiger partial charge is 0.258 e.